The smallest absolute Gasteiger partial charge is 0.252 e. The van der Waals surface area contributed by atoms with E-state index >= 15 is 0 Å². The first-order chi connectivity index (χ1) is 11.9. The Hall–Kier alpha value is -2.22. The van der Waals surface area contributed by atoms with Crippen LogP contribution in [0.3, 0.4) is 0 Å². The Bertz CT molecular complexity index is 869. The summed E-state index contributed by atoms with van der Waals surface area (Å²) in [6.45, 7) is 5.44. The lowest BCUT2D eigenvalue weighted by atomic mass is 10.1. The number of nitrogens with one attached hydrogen (secondary N) is 1. The van der Waals surface area contributed by atoms with Crippen molar-refractivity contribution in [2.24, 2.45) is 0 Å². The molecule has 0 saturated heterocycles. The number of aliphatic hydroxyl groups excluding tert-OH is 2. The topological polar surface area (TPSA) is 95.6 Å². The van der Waals surface area contributed by atoms with Crippen LogP contribution in [0.5, 0.6) is 0 Å². The monoisotopic (exact) mass is 360 g/mol. The van der Waals surface area contributed by atoms with Gasteiger partial charge in [0.15, 0.2) is 6.10 Å². The van der Waals surface area contributed by atoms with Crippen LogP contribution in [-0.2, 0) is 4.79 Å². The summed E-state index contributed by atoms with van der Waals surface area (Å²) in [5.74, 6) is 0.813. The molecule has 0 bridgehead atoms. The number of aliphatic hydroxyl groups is 2. The third kappa shape index (κ3) is 3.58. The number of fused-ring (bicyclic) bond motifs is 1. The zero-order chi connectivity index (χ0) is 18.1. The van der Waals surface area contributed by atoms with Crippen molar-refractivity contribution in [2.75, 3.05) is 0 Å². The maximum atomic E-state index is 12.3. The van der Waals surface area contributed by atoms with E-state index < -0.39 is 18.1 Å². The van der Waals surface area contributed by atoms with Crippen LogP contribution in [0.2, 0.25) is 0 Å². The molecule has 1 amide bonds. The minimum Gasteiger partial charge on any atom is -0.466 e. The summed E-state index contributed by atoms with van der Waals surface area (Å²) < 4.78 is 6.35. The second kappa shape index (κ2) is 6.95. The SMILES string of the molecule is Cc1cc(C(C)NC(=O)C(O)C(O)c2nc3ccccc3s2)c(C)o1. The maximum Gasteiger partial charge on any atom is 0.252 e. The van der Waals surface area contributed by atoms with Gasteiger partial charge in [-0.3, -0.25) is 4.79 Å². The molecular weight excluding hydrogens is 340 g/mol. The molecule has 3 rings (SSSR count). The first-order valence-corrected chi connectivity index (χ1v) is 8.77. The van der Waals surface area contributed by atoms with E-state index in [0.717, 1.165) is 21.5 Å². The van der Waals surface area contributed by atoms with Gasteiger partial charge in [0.25, 0.3) is 5.91 Å². The van der Waals surface area contributed by atoms with Crippen LogP contribution in [0.25, 0.3) is 10.2 Å². The van der Waals surface area contributed by atoms with Gasteiger partial charge in [-0.15, -0.1) is 11.3 Å². The average Bonchev–Trinajstić information content (AvgIpc) is 3.15. The van der Waals surface area contributed by atoms with Crippen molar-refractivity contribution in [1.29, 1.82) is 0 Å². The molecule has 3 aromatic rings. The van der Waals surface area contributed by atoms with Crippen LogP contribution in [0, 0.1) is 13.8 Å². The number of hydrogen-bond donors (Lipinski definition) is 3. The standard InChI is InChI=1S/C18H20N2O4S/c1-9-8-12(11(3)24-9)10(2)19-17(23)15(21)16(22)18-20-13-6-4-5-7-14(13)25-18/h4-8,10,15-16,21-22H,1-3H3,(H,19,23). The first-order valence-electron chi connectivity index (χ1n) is 7.95. The Morgan fingerprint density at radius 3 is 2.64 bits per heavy atom. The molecule has 0 aliphatic carbocycles. The second-order valence-corrected chi connectivity index (χ2v) is 7.07. The highest BCUT2D eigenvalue weighted by Gasteiger charge is 2.29. The molecule has 0 saturated carbocycles. The molecule has 0 spiro atoms. The van der Waals surface area contributed by atoms with Gasteiger partial charge in [-0.1, -0.05) is 12.1 Å². The quantitative estimate of drug-likeness (QED) is 0.650. The molecule has 25 heavy (non-hydrogen) atoms. The highest BCUT2D eigenvalue weighted by atomic mass is 32.1. The van der Waals surface area contributed by atoms with Crippen LogP contribution in [-0.4, -0.2) is 27.2 Å². The van der Waals surface area contributed by atoms with Gasteiger partial charge in [0.1, 0.15) is 22.6 Å². The number of para-hydroxylation sites is 1. The highest BCUT2D eigenvalue weighted by molar-refractivity contribution is 7.18. The van der Waals surface area contributed by atoms with E-state index in [2.05, 4.69) is 10.3 Å². The highest BCUT2D eigenvalue weighted by Crippen LogP contribution is 2.28. The van der Waals surface area contributed by atoms with Gasteiger partial charge in [-0.25, -0.2) is 4.98 Å². The summed E-state index contributed by atoms with van der Waals surface area (Å²) in [5.41, 5.74) is 1.57. The molecule has 3 unspecified atom stereocenters. The third-order valence-corrected chi connectivity index (χ3v) is 5.14. The fraction of sp³-hybridized carbons (Fsp3) is 0.333. The molecule has 6 nitrogen and oxygen atoms in total. The Morgan fingerprint density at radius 1 is 1.28 bits per heavy atom. The fourth-order valence-corrected chi connectivity index (χ4v) is 3.74. The van der Waals surface area contributed by atoms with Crippen molar-refractivity contribution < 1.29 is 19.4 Å². The number of carbonyl (C=O) groups excluding carboxylic acids is 1. The number of hydrogen-bond acceptors (Lipinski definition) is 6. The third-order valence-electron chi connectivity index (χ3n) is 4.04. The second-order valence-electron chi connectivity index (χ2n) is 6.01. The molecule has 132 valence electrons. The Balaban J connectivity index is 1.71. The van der Waals surface area contributed by atoms with E-state index in [0.29, 0.717) is 10.8 Å². The normalized spacial score (nSPS) is 15.1. The molecule has 3 atom stereocenters. The van der Waals surface area contributed by atoms with Gasteiger partial charge in [0.2, 0.25) is 0 Å². The molecule has 0 aliphatic rings. The molecule has 0 fully saturated rings. The number of furan rings is 1. The number of carbonyl (C=O) groups is 1. The van der Waals surface area contributed by atoms with Gasteiger partial charge >= 0.3 is 0 Å². The van der Waals surface area contributed by atoms with Crippen LogP contribution in [0.15, 0.2) is 34.7 Å². The number of thiazole rings is 1. The number of nitrogens with zero attached hydrogens (tertiary/aromatic N) is 1. The molecule has 2 heterocycles. The van der Waals surface area contributed by atoms with E-state index in [1.54, 1.807) is 6.92 Å². The van der Waals surface area contributed by atoms with Crippen molar-refractivity contribution >= 4 is 27.5 Å². The van der Waals surface area contributed by atoms with Crippen molar-refractivity contribution in [1.82, 2.24) is 10.3 Å². The minimum absolute atomic E-state index is 0.312. The lowest BCUT2D eigenvalue weighted by Gasteiger charge is -2.19. The van der Waals surface area contributed by atoms with Gasteiger partial charge in [-0.2, -0.15) is 0 Å². The predicted octanol–water partition coefficient (Wildman–Crippen LogP) is 2.78. The first kappa shape index (κ1) is 17.6. The van der Waals surface area contributed by atoms with Crippen molar-refractivity contribution in [2.45, 2.75) is 39.0 Å². The Kier molecular flexibility index (Phi) is 4.89. The molecule has 0 radical (unpaired) electrons. The van der Waals surface area contributed by atoms with E-state index in [9.17, 15) is 15.0 Å². The molecule has 1 aromatic carbocycles. The lowest BCUT2D eigenvalue weighted by molar-refractivity contribution is -0.136. The number of aryl methyl sites for hydroxylation is 2. The molecule has 2 aromatic heterocycles. The van der Waals surface area contributed by atoms with Crippen LogP contribution >= 0.6 is 11.3 Å². The molecule has 3 N–H and O–H groups in total. The summed E-state index contributed by atoms with van der Waals surface area (Å²) in [7, 11) is 0. The molecular formula is C18H20N2O4S. The zero-order valence-corrected chi connectivity index (χ0v) is 15.0. The van der Waals surface area contributed by atoms with E-state index in [-0.39, 0.29) is 6.04 Å². The summed E-state index contributed by atoms with van der Waals surface area (Å²) in [6, 6.07) is 8.91. The van der Waals surface area contributed by atoms with Gasteiger partial charge in [0, 0.05) is 5.56 Å². The molecule has 0 aliphatic heterocycles. The predicted molar refractivity (Wildman–Crippen MR) is 95.3 cm³/mol. The van der Waals surface area contributed by atoms with Gasteiger partial charge in [-0.05, 0) is 39.0 Å². The van der Waals surface area contributed by atoms with E-state index in [4.69, 9.17) is 4.42 Å². The van der Waals surface area contributed by atoms with E-state index in [1.165, 1.54) is 11.3 Å². The summed E-state index contributed by atoms with van der Waals surface area (Å²) in [6.07, 6.45) is -2.98. The largest absolute Gasteiger partial charge is 0.466 e. The minimum atomic E-state index is -1.60. The fourth-order valence-electron chi connectivity index (χ4n) is 2.75. The van der Waals surface area contributed by atoms with Crippen LogP contribution < -0.4 is 5.32 Å². The summed E-state index contributed by atoms with van der Waals surface area (Å²) in [5, 5.41) is 23.6. The number of rotatable bonds is 5. The Labute approximate surface area is 149 Å². The molecule has 7 heteroatoms. The zero-order valence-electron chi connectivity index (χ0n) is 14.2. The summed E-state index contributed by atoms with van der Waals surface area (Å²) >= 11 is 1.26. The van der Waals surface area contributed by atoms with Crippen molar-refractivity contribution in [3.63, 3.8) is 0 Å². The lowest BCUT2D eigenvalue weighted by Crippen LogP contribution is -2.39. The van der Waals surface area contributed by atoms with Crippen LogP contribution in [0.1, 0.15) is 41.2 Å². The van der Waals surface area contributed by atoms with Gasteiger partial charge in [0.05, 0.1) is 16.3 Å². The van der Waals surface area contributed by atoms with Gasteiger partial charge < -0.3 is 19.9 Å². The number of amides is 1. The van der Waals surface area contributed by atoms with Crippen LogP contribution in [0.4, 0.5) is 0 Å². The van der Waals surface area contributed by atoms with Crippen molar-refractivity contribution in [3.8, 4) is 0 Å². The number of benzene rings is 1. The van der Waals surface area contributed by atoms with E-state index in [1.807, 2.05) is 44.2 Å². The van der Waals surface area contributed by atoms with Crippen molar-refractivity contribution in [3.05, 3.63) is 52.4 Å². The average molecular weight is 360 g/mol. The Morgan fingerprint density at radius 2 is 2.00 bits per heavy atom. The number of aromatic nitrogens is 1. The summed E-state index contributed by atoms with van der Waals surface area (Å²) in [4.78, 5) is 16.6. The maximum absolute atomic E-state index is 12.3.